The minimum absolute atomic E-state index is 0.362. The molecule has 1 saturated heterocycles. The van der Waals surface area contributed by atoms with Gasteiger partial charge in [-0.15, -0.1) is 0 Å². The van der Waals surface area contributed by atoms with Gasteiger partial charge < -0.3 is 10.6 Å². The zero-order valence-electron chi connectivity index (χ0n) is 11.2. The Morgan fingerprint density at radius 3 is 2.71 bits per heavy atom. The summed E-state index contributed by atoms with van der Waals surface area (Å²) in [6, 6.07) is 0.717. The van der Waals surface area contributed by atoms with Gasteiger partial charge in [0, 0.05) is 25.6 Å². The van der Waals surface area contributed by atoms with Gasteiger partial charge in [-0.2, -0.15) is 0 Å². The van der Waals surface area contributed by atoms with Gasteiger partial charge in [0.25, 0.3) is 0 Å². The van der Waals surface area contributed by atoms with E-state index in [-0.39, 0.29) is 0 Å². The largest absolute Gasteiger partial charge is 0.388 e. The monoisotopic (exact) mass is 238 g/mol. The van der Waals surface area contributed by atoms with Crippen LogP contribution in [0.1, 0.15) is 32.1 Å². The van der Waals surface area contributed by atoms with Crippen molar-refractivity contribution >= 4 is 5.84 Å². The summed E-state index contributed by atoms with van der Waals surface area (Å²) in [5.74, 6) is 0.367. The molecule has 0 amide bonds. The maximum Gasteiger partial charge on any atom is 0.0911 e. The smallest absolute Gasteiger partial charge is 0.0911 e. The Morgan fingerprint density at radius 2 is 2.18 bits per heavy atom. The predicted octanol–water partition coefficient (Wildman–Crippen LogP) is 1.12. The molecule has 4 heteroatoms. The fraction of sp³-hybridized carbons (Fsp3) is 0.923. The minimum Gasteiger partial charge on any atom is -0.388 e. The zero-order valence-corrected chi connectivity index (χ0v) is 11.2. The molecular weight excluding hydrogens is 212 g/mol. The van der Waals surface area contributed by atoms with Crippen molar-refractivity contribution in [1.29, 1.82) is 5.41 Å². The summed E-state index contributed by atoms with van der Waals surface area (Å²) < 4.78 is 0. The molecule has 1 saturated carbocycles. The number of hydrogen-bond acceptors (Lipinski definition) is 3. The first kappa shape index (κ1) is 12.8. The minimum atomic E-state index is 0.362. The van der Waals surface area contributed by atoms with E-state index in [1.165, 1.54) is 32.2 Å². The van der Waals surface area contributed by atoms with E-state index in [4.69, 9.17) is 11.1 Å². The van der Waals surface area contributed by atoms with E-state index in [0.717, 1.165) is 25.6 Å². The van der Waals surface area contributed by atoms with Crippen LogP contribution in [-0.4, -0.2) is 55.4 Å². The molecule has 3 N–H and O–H groups in total. The molecule has 1 aliphatic carbocycles. The summed E-state index contributed by atoms with van der Waals surface area (Å²) in [4.78, 5) is 4.92. The van der Waals surface area contributed by atoms with Crippen molar-refractivity contribution in [3.8, 4) is 0 Å². The standard InChI is InChI=1S/C13H26N4/c1-16(2)9-11-4-3-7-17(11)10-13(5-6-13)8-12(14)15/h11H,3-10H2,1-2H3,(H3,14,15). The molecule has 1 atom stereocenters. The molecule has 1 aliphatic heterocycles. The second-order valence-corrected chi connectivity index (χ2v) is 6.23. The Labute approximate surface area is 105 Å². The highest BCUT2D eigenvalue weighted by molar-refractivity contribution is 5.78. The van der Waals surface area contributed by atoms with E-state index >= 15 is 0 Å². The normalized spacial score (nSPS) is 27.6. The lowest BCUT2D eigenvalue weighted by Gasteiger charge is -2.30. The Bertz CT molecular complexity index is 283. The molecular formula is C13H26N4. The molecule has 0 spiro atoms. The van der Waals surface area contributed by atoms with Gasteiger partial charge in [-0.05, 0) is 51.7 Å². The van der Waals surface area contributed by atoms with E-state index < -0.39 is 0 Å². The second-order valence-electron chi connectivity index (χ2n) is 6.23. The first-order chi connectivity index (χ1) is 8.01. The first-order valence-corrected chi connectivity index (χ1v) is 6.72. The number of nitrogens with two attached hydrogens (primary N) is 1. The summed E-state index contributed by atoms with van der Waals surface area (Å²) in [6.45, 7) is 3.55. The van der Waals surface area contributed by atoms with Crippen molar-refractivity contribution in [2.75, 3.05) is 33.7 Å². The van der Waals surface area contributed by atoms with Crippen LogP contribution in [0, 0.1) is 10.8 Å². The van der Waals surface area contributed by atoms with Crippen LogP contribution < -0.4 is 5.73 Å². The highest BCUT2D eigenvalue weighted by Gasteiger charge is 2.45. The maximum atomic E-state index is 7.48. The predicted molar refractivity (Wildman–Crippen MR) is 71.3 cm³/mol. The van der Waals surface area contributed by atoms with E-state index in [1.807, 2.05) is 0 Å². The van der Waals surface area contributed by atoms with Gasteiger partial charge in [0.1, 0.15) is 0 Å². The average molecular weight is 238 g/mol. The van der Waals surface area contributed by atoms with E-state index in [9.17, 15) is 0 Å². The van der Waals surface area contributed by atoms with Crippen LogP contribution in [0.3, 0.4) is 0 Å². The van der Waals surface area contributed by atoms with Crippen molar-refractivity contribution in [3.05, 3.63) is 0 Å². The van der Waals surface area contributed by atoms with Gasteiger partial charge in [0.05, 0.1) is 5.84 Å². The molecule has 1 unspecified atom stereocenters. The van der Waals surface area contributed by atoms with Crippen LogP contribution in [0.25, 0.3) is 0 Å². The second kappa shape index (κ2) is 4.94. The molecule has 0 radical (unpaired) electrons. The van der Waals surface area contributed by atoms with Crippen molar-refractivity contribution < 1.29 is 0 Å². The Morgan fingerprint density at radius 1 is 1.47 bits per heavy atom. The molecule has 1 heterocycles. The summed E-state index contributed by atoms with van der Waals surface area (Å²) in [5, 5.41) is 7.48. The van der Waals surface area contributed by atoms with Gasteiger partial charge in [-0.1, -0.05) is 0 Å². The lowest BCUT2D eigenvalue weighted by Crippen LogP contribution is -2.41. The third kappa shape index (κ3) is 3.42. The van der Waals surface area contributed by atoms with E-state index in [2.05, 4.69) is 23.9 Å². The molecule has 17 heavy (non-hydrogen) atoms. The molecule has 0 aromatic rings. The summed E-state index contributed by atoms with van der Waals surface area (Å²) >= 11 is 0. The molecule has 0 aromatic carbocycles. The molecule has 2 aliphatic rings. The fourth-order valence-electron chi connectivity index (χ4n) is 3.13. The van der Waals surface area contributed by atoms with Crippen LogP contribution in [-0.2, 0) is 0 Å². The van der Waals surface area contributed by atoms with Crippen LogP contribution in [0.4, 0.5) is 0 Å². The van der Waals surface area contributed by atoms with E-state index in [0.29, 0.717) is 11.3 Å². The van der Waals surface area contributed by atoms with Crippen LogP contribution in [0.2, 0.25) is 0 Å². The van der Waals surface area contributed by atoms with Crippen molar-refractivity contribution in [2.45, 2.75) is 38.1 Å². The molecule has 98 valence electrons. The SMILES string of the molecule is CN(C)CC1CCCN1CC1(CC(=N)N)CC1. The van der Waals surface area contributed by atoms with Gasteiger partial charge in [0.2, 0.25) is 0 Å². The summed E-state index contributed by atoms with van der Waals surface area (Å²) in [6.07, 6.45) is 5.98. The molecule has 0 bridgehead atoms. The lowest BCUT2D eigenvalue weighted by molar-refractivity contribution is 0.175. The van der Waals surface area contributed by atoms with E-state index in [1.54, 1.807) is 0 Å². The van der Waals surface area contributed by atoms with Crippen molar-refractivity contribution in [1.82, 2.24) is 9.80 Å². The number of amidine groups is 1. The van der Waals surface area contributed by atoms with Gasteiger partial charge in [0.15, 0.2) is 0 Å². The summed E-state index contributed by atoms with van der Waals surface area (Å²) in [7, 11) is 4.30. The quantitative estimate of drug-likeness (QED) is 0.538. The topological polar surface area (TPSA) is 56.4 Å². The Kier molecular flexibility index (Phi) is 3.73. The molecule has 2 rings (SSSR count). The van der Waals surface area contributed by atoms with Crippen molar-refractivity contribution in [2.24, 2.45) is 11.1 Å². The van der Waals surface area contributed by atoms with Crippen molar-refractivity contribution in [3.63, 3.8) is 0 Å². The maximum absolute atomic E-state index is 7.48. The Hall–Kier alpha value is -0.610. The van der Waals surface area contributed by atoms with Gasteiger partial charge >= 0.3 is 0 Å². The number of nitrogens with zero attached hydrogens (tertiary/aromatic N) is 2. The van der Waals surface area contributed by atoms with Crippen LogP contribution >= 0.6 is 0 Å². The number of likely N-dealkylation sites (N-methyl/N-ethyl adjacent to an activating group) is 1. The van der Waals surface area contributed by atoms with Crippen LogP contribution in [0.15, 0.2) is 0 Å². The number of nitrogens with one attached hydrogen (secondary N) is 1. The zero-order chi connectivity index (χ0) is 12.5. The number of hydrogen-bond donors (Lipinski definition) is 2. The molecule has 4 nitrogen and oxygen atoms in total. The first-order valence-electron chi connectivity index (χ1n) is 6.72. The van der Waals surface area contributed by atoms with Gasteiger partial charge in [-0.3, -0.25) is 10.3 Å². The average Bonchev–Trinajstić information content (AvgIpc) is 2.80. The molecule has 0 aromatic heterocycles. The molecule has 2 fully saturated rings. The van der Waals surface area contributed by atoms with Crippen LogP contribution in [0.5, 0.6) is 0 Å². The lowest BCUT2D eigenvalue weighted by atomic mass is 10.0. The highest BCUT2D eigenvalue weighted by atomic mass is 15.2. The third-order valence-corrected chi connectivity index (χ3v) is 4.14. The Balaban J connectivity index is 1.87. The highest BCUT2D eigenvalue weighted by Crippen LogP contribution is 2.50. The third-order valence-electron chi connectivity index (χ3n) is 4.14. The number of rotatable bonds is 6. The number of likely N-dealkylation sites (tertiary alicyclic amines) is 1. The summed E-state index contributed by atoms with van der Waals surface area (Å²) in [5.41, 5.74) is 5.93. The fourth-order valence-corrected chi connectivity index (χ4v) is 3.13. The van der Waals surface area contributed by atoms with Gasteiger partial charge in [-0.25, -0.2) is 0 Å².